The highest BCUT2D eigenvalue weighted by Gasteiger charge is 2.52. The van der Waals surface area contributed by atoms with Gasteiger partial charge in [0.2, 0.25) is 0 Å². The van der Waals surface area contributed by atoms with Crippen molar-refractivity contribution < 1.29 is 18.9 Å². The zero-order valence-electron chi connectivity index (χ0n) is 17.4. The fourth-order valence-electron chi connectivity index (χ4n) is 2.93. The van der Waals surface area contributed by atoms with E-state index in [1.165, 1.54) is 0 Å². The topological polar surface area (TPSA) is 55.8 Å². The molecule has 0 aliphatic rings. The molecular formula is C25H28O4P+. The van der Waals surface area contributed by atoms with Gasteiger partial charge in [-0.25, -0.2) is 4.79 Å². The molecule has 0 aliphatic carbocycles. The molecule has 30 heavy (non-hydrogen) atoms. The van der Waals surface area contributed by atoms with Crippen LogP contribution in [0.15, 0.2) is 91.0 Å². The van der Waals surface area contributed by atoms with Gasteiger partial charge in [0.15, 0.2) is 10.6 Å². The predicted molar refractivity (Wildman–Crippen MR) is 122 cm³/mol. The largest absolute Gasteiger partial charge is 0.396 e. The molecule has 4 nitrogen and oxygen atoms in total. The summed E-state index contributed by atoms with van der Waals surface area (Å²) in [5.41, 5.74) is 0.0336. The second kappa shape index (κ2) is 9.99. The number of benzene rings is 3. The number of rotatable bonds is 9. The zero-order chi connectivity index (χ0) is 21.5. The number of hydrogen-bond acceptors (Lipinski definition) is 4. The van der Waals surface area contributed by atoms with Gasteiger partial charge in [0, 0.05) is 5.41 Å². The Bertz CT molecular complexity index is 886. The number of carbonyl (C=O) groups excluding carboxylic acids is 1. The third-order valence-electron chi connectivity index (χ3n) is 5.24. The average Bonchev–Trinajstić information content (AvgIpc) is 2.83. The van der Waals surface area contributed by atoms with Gasteiger partial charge in [-0.3, -0.25) is 4.52 Å². The van der Waals surface area contributed by atoms with Crippen molar-refractivity contribution in [1.29, 1.82) is 0 Å². The summed E-state index contributed by atoms with van der Waals surface area (Å²) in [6.45, 7) is 4.23. The maximum absolute atomic E-state index is 13.1. The van der Waals surface area contributed by atoms with Gasteiger partial charge in [0.05, 0.1) is 12.2 Å². The Morgan fingerprint density at radius 2 is 1.33 bits per heavy atom. The van der Waals surface area contributed by atoms with Crippen LogP contribution in [-0.2, 0) is 9.05 Å². The quantitative estimate of drug-likeness (QED) is 0.504. The second-order valence-electron chi connectivity index (χ2n) is 7.56. The van der Waals surface area contributed by atoms with Crippen LogP contribution < -0.4 is 10.6 Å². The zero-order valence-corrected chi connectivity index (χ0v) is 18.3. The summed E-state index contributed by atoms with van der Waals surface area (Å²) in [5.74, 6) is -0.432. The van der Waals surface area contributed by atoms with Crippen LogP contribution in [0.1, 0.15) is 30.6 Å². The van der Waals surface area contributed by atoms with E-state index in [-0.39, 0.29) is 13.2 Å². The van der Waals surface area contributed by atoms with Gasteiger partial charge in [-0.1, -0.05) is 68.4 Å². The summed E-state index contributed by atoms with van der Waals surface area (Å²) in [7, 11) is -3.01. The van der Waals surface area contributed by atoms with Gasteiger partial charge in [0.1, 0.15) is 6.61 Å². The third-order valence-corrected chi connectivity index (χ3v) is 8.11. The van der Waals surface area contributed by atoms with Crippen molar-refractivity contribution in [1.82, 2.24) is 0 Å². The molecule has 1 atom stereocenters. The molecule has 0 saturated carbocycles. The average molecular weight is 423 g/mol. The minimum Gasteiger partial charge on any atom is -0.396 e. The number of hydrogen-bond donors (Lipinski definition) is 1. The molecule has 0 saturated heterocycles. The highest BCUT2D eigenvalue weighted by atomic mass is 31.2. The minimum absolute atomic E-state index is 0.0142. The van der Waals surface area contributed by atoms with Gasteiger partial charge in [-0.15, -0.1) is 0 Å². The van der Waals surface area contributed by atoms with Crippen LogP contribution in [0.5, 0.6) is 0 Å². The van der Waals surface area contributed by atoms with E-state index in [0.29, 0.717) is 5.56 Å². The second-order valence-corrected chi connectivity index (χ2v) is 10.1. The lowest BCUT2D eigenvalue weighted by Crippen LogP contribution is -2.33. The Balaban J connectivity index is 2.10. The van der Waals surface area contributed by atoms with Gasteiger partial charge in [-0.05, 0) is 42.8 Å². The lowest BCUT2D eigenvalue weighted by molar-refractivity contribution is 0.0620. The Morgan fingerprint density at radius 1 is 0.867 bits per heavy atom. The van der Waals surface area contributed by atoms with Crippen LogP contribution in [0, 0.1) is 5.41 Å². The maximum Gasteiger partial charge on any atom is 0.390 e. The fraction of sp³-hybridized carbons (Fsp3) is 0.240. The van der Waals surface area contributed by atoms with E-state index in [4.69, 9.17) is 9.05 Å². The first-order chi connectivity index (χ1) is 14.5. The smallest absolute Gasteiger partial charge is 0.390 e. The summed E-state index contributed by atoms with van der Waals surface area (Å²) >= 11 is 0. The fourth-order valence-corrected chi connectivity index (χ4v) is 5.75. The summed E-state index contributed by atoms with van der Waals surface area (Å²) in [6, 6.07) is 28.2. The van der Waals surface area contributed by atoms with E-state index < -0.39 is 19.1 Å². The molecule has 0 radical (unpaired) electrons. The van der Waals surface area contributed by atoms with Gasteiger partial charge >= 0.3 is 13.7 Å². The van der Waals surface area contributed by atoms with Crippen molar-refractivity contribution in [2.75, 3.05) is 13.2 Å². The van der Waals surface area contributed by atoms with E-state index >= 15 is 0 Å². The molecule has 1 N–H and O–H groups in total. The highest BCUT2D eigenvalue weighted by molar-refractivity contribution is 7.81. The van der Waals surface area contributed by atoms with Gasteiger partial charge in [-0.2, -0.15) is 4.52 Å². The predicted octanol–water partition coefficient (Wildman–Crippen LogP) is 4.77. The summed E-state index contributed by atoms with van der Waals surface area (Å²) in [4.78, 5) is 13.1. The molecule has 0 spiro atoms. The van der Waals surface area contributed by atoms with Crippen LogP contribution >= 0.6 is 7.72 Å². The molecule has 0 bridgehead atoms. The summed E-state index contributed by atoms with van der Waals surface area (Å²) in [5, 5.41) is 11.5. The summed E-state index contributed by atoms with van der Waals surface area (Å²) < 4.78 is 12.8. The molecule has 0 amide bonds. The Morgan fingerprint density at radius 3 is 1.77 bits per heavy atom. The van der Waals surface area contributed by atoms with E-state index in [1.807, 2.05) is 92.7 Å². The standard InChI is InChI=1S/C25H28O4P/c1-3-25(2,19-26)20-28-30(22-15-9-5-10-16-22,23-17-11-6-12-18-23)29-24(27)21-13-7-4-8-14-21/h4-18,26H,3,19-20H2,1-2H3/q+1. The number of aliphatic hydroxyl groups excluding tert-OH is 1. The first-order valence-corrected chi connectivity index (χ1v) is 11.7. The molecule has 0 aliphatic heterocycles. The van der Waals surface area contributed by atoms with Crippen molar-refractivity contribution in [3.8, 4) is 0 Å². The monoisotopic (exact) mass is 423 g/mol. The third kappa shape index (κ3) is 4.96. The Labute approximate surface area is 179 Å². The van der Waals surface area contributed by atoms with Crippen molar-refractivity contribution >= 4 is 24.3 Å². The van der Waals surface area contributed by atoms with Crippen molar-refractivity contribution in [3.63, 3.8) is 0 Å². The molecular weight excluding hydrogens is 395 g/mol. The highest BCUT2D eigenvalue weighted by Crippen LogP contribution is 2.60. The van der Waals surface area contributed by atoms with Gasteiger partial charge in [0.25, 0.3) is 0 Å². The Hall–Kier alpha value is -2.52. The van der Waals surface area contributed by atoms with Crippen molar-refractivity contribution in [2.45, 2.75) is 20.3 Å². The molecule has 156 valence electrons. The van der Waals surface area contributed by atoms with Crippen LogP contribution in [-0.4, -0.2) is 24.3 Å². The van der Waals surface area contributed by atoms with Crippen LogP contribution in [0.3, 0.4) is 0 Å². The van der Waals surface area contributed by atoms with Crippen LogP contribution in [0.2, 0.25) is 0 Å². The van der Waals surface area contributed by atoms with E-state index in [2.05, 4.69) is 0 Å². The van der Waals surface area contributed by atoms with Crippen molar-refractivity contribution in [2.24, 2.45) is 5.41 Å². The van der Waals surface area contributed by atoms with Crippen LogP contribution in [0.25, 0.3) is 0 Å². The minimum atomic E-state index is -3.01. The van der Waals surface area contributed by atoms with E-state index in [9.17, 15) is 9.90 Å². The van der Waals surface area contributed by atoms with E-state index in [0.717, 1.165) is 17.0 Å². The molecule has 1 unspecified atom stereocenters. The normalized spacial score (nSPS) is 13.4. The lowest BCUT2D eigenvalue weighted by atomic mass is 9.90. The number of carbonyl (C=O) groups is 1. The summed E-state index contributed by atoms with van der Waals surface area (Å²) in [6.07, 6.45) is 0.736. The molecule has 3 rings (SSSR count). The van der Waals surface area contributed by atoms with E-state index in [1.54, 1.807) is 12.1 Å². The van der Waals surface area contributed by atoms with Crippen molar-refractivity contribution in [3.05, 3.63) is 96.6 Å². The number of aliphatic hydroxyl groups is 1. The SMILES string of the molecule is CCC(C)(CO)CO[P+](OC(=O)c1ccccc1)(c1ccccc1)c1ccccc1. The van der Waals surface area contributed by atoms with Gasteiger partial charge < -0.3 is 5.11 Å². The molecule has 0 heterocycles. The molecule has 0 aromatic heterocycles. The molecule has 3 aromatic rings. The Kier molecular flexibility index (Phi) is 7.38. The molecule has 3 aromatic carbocycles. The first-order valence-electron chi connectivity index (χ1n) is 10.1. The first kappa shape index (κ1) is 22.2. The van der Waals surface area contributed by atoms with Crippen LogP contribution in [0.4, 0.5) is 0 Å². The lowest BCUT2D eigenvalue weighted by Gasteiger charge is -2.29. The maximum atomic E-state index is 13.1. The molecule has 0 fully saturated rings. The molecule has 5 heteroatoms.